The van der Waals surface area contributed by atoms with E-state index in [1.807, 2.05) is 0 Å². The van der Waals surface area contributed by atoms with E-state index in [1.165, 1.54) is 11.1 Å². The van der Waals surface area contributed by atoms with Crippen molar-refractivity contribution >= 4 is 21.6 Å². The second-order valence-electron chi connectivity index (χ2n) is 5.13. The number of rotatable bonds is 7. The Morgan fingerprint density at radius 2 is 2.40 bits per heavy atom. The molecule has 7 heteroatoms. The Labute approximate surface area is 126 Å². The van der Waals surface area contributed by atoms with Crippen LogP contribution in [-0.2, 0) is 11.3 Å². The Morgan fingerprint density at radius 1 is 1.65 bits per heavy atom. The minimum atomic E-state index is -0.316. The molecule has 112 valence electrons. The first-order chi connectivity index (χ1) is 9.65. The Hall–Kier alpha value is -0.920. The lowest BCUT2D eigenvalue weighted by Gasteiger charge is -2.25. The second kappa shape index (κ2) is 7.19. The van der Waals surface area contributed by atoms with Crippen molar-refractivity contribution in [3.05, 3.63) is 21.0 Å². The standard InChI is InChI=1S/C13H20BrN3O3/c1-20-8-10(7-18)16-12-11(14)5-15-17(13(12)19)6-9-3-2-4-9/h5,9-10,16,18H,2-4,6-8H2,1H3. The van der Waals surface area contributed by atoms with Crippen molar-refractivity contribution in [2.24, 2.45) is 5.92 Å². The summed E-state index contributed by atoms with van der Waals surface area (Å²) in [7, 11) is 1.56. The van der Waals surface area contributed by atoms with Gasteiger partial charge in [-0.25, -0.2) is 4.68 Å². The maximum atomic E-state index is 12.4. The van der Waals surface area contributed by atoms with Crippen molar-refractivity contribution in [2.75, 3.05) is 25.6 Å². The SMILES string of the molecule is COCC(CO)Nc1c(Br)cnn(CC2CCC2)c1=O. The lowest BCUT2D eigenvalue weighted by atomic mass is 9.85. The molecule has 20 heavy (non-hydrogen) atoms. The number of halogens is 1. The molecule has 1 heterocycles. The molecule has 2 N–H and O–H groups in total. The number of hydrogen-bond acceptors (Lipinski definition) is 5. The predicted molar refractivity (Wildman–Crippen MR) is 79.9 cm³/mol. The van der Waals surface area contributed by atoms with Crippen molar-refractivity contribution in [3.63, 3.8) is 0 Å². The molecule has 1 aliphatic rings. The van der Waals surface area contributed by atoms with Gasteiger partial charge in [-0.3, -0.25) is 4.79 Å². The third-order valence-electron chi connectivity index (χ3n) is 3.59. The van der Waals surface area contributed by atoms with E-state index in [4.69, 9.17) is 4.74 Å². The molecule has 0 radical (unpaired) electrons. The molecule has 1 aromatic rings. The zero-order valence-corrected chi connectivity index (χ0v) is 13.1. The van der Waals surface area contributed by atoms with Gasteiger partial charge in [0.25, 0.3) is 5.56 Å². The van der Waals surface area contributed by atoms with Crippen LogP contribution in [0.3, 0.4) is 0 Å². The van der Waals surface area contributed by atoms with Crippen LogP contribution in [0.4, 0.5) is 5.69 Å². The Morgan fingerprint density at radius 3 is 2.95 bits per heavy atom. The molecule has 0 amide bonds. The van der Waals surface area contributed by atoms with Gasteiger partial charge in [0.1, 0.15) is 5.69 Å². The van der Waals surface area contributed by atoms with Crippen LogP contribution in [0.5, 0.6) is 0 Å². The van der Waals surface area contributed by atoms with Gasteiger partial charge in [0, 0.05) is 13.7 Å². The Balaban J connectivity index is 2.17. The first kappa shape index (κ1) is 15.5. The van der Waals surface area contributed by atoms with Gasteiger partial charge in [-0.2, -0.15) is 5.10 Å². The van der Waals surface area contributed by atoms with Crippen molar-refractivity contribution < 1.29 is 9.84 Å². The zero-order valence-electron chi connectivity index (χ0n) is 11.5. The summed E-state index contributed by atoms with van der Waals surface area (Å²) < 4.78 is 7.10. The van der Waals surface area contributed by atoms with Crippen LogP contribution in [0.15, 0.2) is 15.5 Å². The van der Waals surface area contributed by atoms with E-state index < -0.39 is 0 Å². The number of hydrogen-bond donors (Lipinski definition) is 2. The number of aliphatic hydroxyl groups excluding tert-OH is 1. The van der Waals surface area contributed by atoms with Crippen LogP contribution >= 0.6 is 15.9 Å². The van der Waals surface area contributed by atoms with Crippen LogP contribution in [-0.4, -0.2) is 41.3 Å². The number of anilines is 1. The van der Waals surface area contributed by atoms with Crippen molar-refractivity contribution in [1.29, 1.82) is 0 Å². The highest BCUT2D eigenvalue weighted by Crippen LogP contribution is 2.27. The molecule has 1 unspecified atom stereocenters. The van der Waals surface area contributed by atoms with E-state index in [2.05, 4.69) is 26.3 Å². The molecule has 0 saturated heterocycles. The summed E-state index contributed by atoms with van der Waals surface area (Å²) in [6.07, 6.45) is 5.18. The number of nitrogens with one attached hydrogen (secondary N) is 1. The molecule has 6 nitrogen and oxygen atoms in total. The molecule has 0 aliphatic heterocycles. The molecular formula is C13H20BrN3O3. The molecule has 0 bridgehead atoms. The van der Waals surface area contributed by atoms with Gasteiger partial charge in [-0.15, -0.1) is 0 Å². The van der Waals surface area contributed by atoms with E-state index in [-0.39, 0.29) is 18.2 Å². The molecule has 0 spiro atoms. The number of methoxy groups -OCH3 is 1. The van der Waals surface area contributed by atoms with Gasteiger partial charge in [0.2, 0.25) is 0 Å². The summed E-state index contributed by atoms with van der Waals surface area (Å²) in [6.45, 7) is 0.882. The third kappa shape index (κ3) is 3.59. The van der Waals surface area contributed by atoms with Gasteiger partial charge in [0.05, 0.1) is 29.9 Å². The monoisotopic (exact) mass is 345 g/mol. The number of nitrogens with zero attached hydrogens (tertiary/aromatic N) is 2. The third-order valence-corrected chi connectivity index (χ3v) is 4.19. The molecule has 1 fully saturated rings. The summed E-state index contributed by atoms with van der Waals surface area (Å²) >= 11 is 3.33. The summed E-state index contributed by atoms with van der Waals surface area (Å²) in [5, 5.41) is 16.5. The predicted octanol–water partition coefficient (Wildman–Crippen LogP) is 1.23. The fourth-order valence-electron chi connectivity index (χ4n) is 2.19. The van der Waals surface area contributed by atoms with E-state index in [1.54, 1.807) is 13.3 Å². The van der Waals surface area contributed by atoms with Gasteiger partial charge in [-0.1, -0.05) is 6.42 Å². The van der Waals surface area contributed by atoms with E-state index in [9.17, 15) is 9.90 Å². The highest BCUT2D eigenvalue weighted by molar-refractivity contribution is 9.10. The van der Waals surface area contributed by atoms with Crippen LogP contribution in [0.2, 0.25) is 0 Å². The van der Waals surface area contributed by atoms with Crippen LogP contribution < -0.4 is 10.9 Å². The summed E-state index contributed by atoms with van der Waals surface area (Å²) in [4.78, 5) is 12.4. The normalized spacial score (nSPS) is 16.8. The van der Waals surface area contributed by atoms with Crippen LogP contribution in [0.25, 0.3) is 0 Å². The first-order valence-electron chi connectivity index (χ1n) is 6.77. The highest BCUT2D eigenvalue weighted by atomic mass is 79.9. The molecule has 1 aliphatic carbocycles. The topological polar surface area (TPSA) is 76.4 Å². The quantitative estimate of drug-likeness (QED) is 0.777. The number of ether oxygens (including phenoxy) is 1. The van der Waals surface area contributed by atoms with E-state index >= 15 is 0 Å². The minimum Gasteiger partial charge on any atom is -0.394 e. The molecule has 1 saturated carbocycles. The highest BCUT2D eigenvalue weighted by Gasteiger charge is 2.21. The molecular weight excluding hydrogens is 326 g/mol. The van der Waals surface area contributed by atoms with Crippen LogP contribution in [0, 0.1) is 5.92 Å². The summed E-state index contributed by atoms with van der Waals surface area (Å²) in [5.74, 6) is 0.557. The maximum absolute atomic E-state index is 12.4. The molecule has 0 aromatic carbocycles. The number of aromatic nitrogens is 2. The fraction of sp³-hybridized carbons (Fsp3) is 0.692. The van der Waals surface area contributed by atoms with E-state index in [0.717, 1.165) is 12.8 Å². The first-order valence-corrected chi connectivity index (χ1v) is 7.57. The average molecular weight is 346 g/mol. The van der Waals surface area contributed by atoms with Gasteiger partial charge in [-0.05, 0) is 34.7 Å². The molecule has 1 atom stereocenters. The van der Waals surface area contributed by atoms with Crippen LogP contribution in [0.1, 0.15) is 19.3 Å². The Kier molecular flexibility index (Phi) is 5.56. The maximum Gasteiger partial charge on any atom is 0.291 e. The minimum absolute atomic E-state index is 0.106. The van der Waals surface area contributed by atoms with Gasteiger partial charge < -0.3 is 15.2 Å². The largest absolute Gasteiger partial charge is 0.394 e. The average Bonchev–Trinajstić information content (AvgIpc) is 2.39. The zero-order chi connectivity index (χ0) is 14.5. The summed E-state index contributed by atoms with van der Waals surface area (Å²) in [6, 6.07) is -0.316. The lowest BCUT2D eigenvalue weighted by Crippen LogP contribution is -2.35. The van der Waals surface area contributed by atoms with Crippen molar-refractivity contribution in [1.82, 2.24) is 9.78 Å². The second-order valence-corrected chi connectivity index (χ2v) is 5.99. The van der Waals surface area contributed by atoms with Crippen molar-refractivity contribution in [3.8, 4) is 0 Å². The summed E-state index contributed by atoms with van der Waals surface area (Å²) in [5.41, 5.74) is 0.260. The number of aliphatic hydroxyl groups is 1. The van der Waals surface area contributed by atoms with Crippen molar-refractivity contribution in [2.45, 2.75) is 31.8 Å². The Bertz CT molecular complexity index is 502. The molecule has 2 rings (SSSR count). The van der Waals surface area contributed by atoms with Gasteiger partial charge >= 0.3 is 0 Å². The lowest BCUT2D eigenvalue weighted by molar-refractivity contribution is 0.153. The van der Waals surface area contributed by atoms with Gasteiger partial charge in [0.15, 0.2) is 0 Å². The van der Waals surface area contributed by atoms with E-state index in [0.29, 0.717) is 29.2 Å². The fourth-order valence-corrected chi connectivity index (χ4v) is 2.57. The smallest absolute Gasteiger partial charge is 0.291 e. The molecule has 1 aromatic heterocycles.